The molecule has 0 radical (unpaired) electrons. The second kappa shape index (κ2) is 9.62. The second-order valence-electron chi connectivity index (χ2n) is 11.1. The van der Waals surface area contributed by atoms with Gasteiger partial charge in [0.2, 0.25) is 5.95 Å². The van der Waals surface area contributed by atoms with Gasteiger partial charge in [-0.3, -0.25) is 0 Å². The highest BCUT2D eigenvalue weighted by atomic mass is 19.1. The van der Waals surface area contributed by atoms with Crippen molar-refractivity contribution in [1.82, 2.24) is 24.4 Å². The van der Waals surface area contributed by atoms with Crippen molar-refractivity contribution in [1.29, 1.82) is 0 Å². The Morgan fingerprint density at radius 1 is 1.05 bits per heavy atom. The molecule has 9 heteroatoms. The van der Waals surface area contributed by atoms with E-state index in [9.17, 15) is 4.39 Å². The normalized spacial score (nSPS) is 17.6. The minimum Gasteiger partial charge on any atom is -0.492 e. The van der Waals surface area contributed by atoms with E-state index in [0.717, 1.165) is 56.2 Å². The standard InChI is InChI=1S/C29H32F2N6O/c1-29(2)9-6-20-14-22-23(30)12-19(13-25(22)37(20)29)27-24(31)16-33-28(35-27)34-26-5-4-21(15-32-26)38-17-18-7-10-36(3)11-8-18/h4-5,12-16,18H,6-11,17H2,1-3H3,(H,32,33,34,35). The zero-order chi connectivity index (χ0) is 26.4. The van der Waals surface area contributed by atoms with E-state index in [1.54, 1.807) is 12.3 Å². The number of pyridine rings is 1. The Morgan fingerprint density at radius 3 is 2.63 bits per heavy atom. The van der Waals surface area contributed by atoms with E-state index in [4.69, 9.17) is 4.74 Å². The lowest BCUT2D eigenvalue weighted by molar-refractivity contribution is 0.160. The fourth-order valence-electron chi connectivity index (χ4n) is 5.63. The monoisotopic (exact) mass is 518 g/mol. The van der Waals surface area contributed by atoms with E-state index in [2.05, 4.69) is 50.6 Å². The van der Waals surface area contributed by atoms with Gasteiger partial charge in [0, 0.05) is 22.2 Å². The lowest BCUT2D eigenvalue weighted by atomic mass is 9.98. The van der Waals surface area contributed by atoms with Gasteiger partial charge in [-0.05, 0) is 95.9 Å². The van der Waals surface area contributed by atoms with Crippen LogP contribution < -0.4 is 10.1 Å². The highest BCUT2D eigenvalue weighted by Crippen LogP contribution is 2.39. The van der Waals surface area contributed by atoms with Crippen LogP contribution in [-0.4, -0.2) is 51.2 Å². The number of piperidine rings is 1. The summed E-state index contributed by atoms with van der Waals surface area (Å²) < 4.78 is 38.1. The van der Waals surface area contributed by atoms with Gasteiger partial charge >= 0.3 is 0 Å². The van der Waals surface area contributed by atoms with Crippen LogP contribution in [0.15, 0.2) is 42.7 Å². The van der Waals surface area contributed by atoms with Gasteiger partial charge in [0.25, 0.3) is 0 Å². The van der Waals surface area contributed by atoms with Gasteiger partial charge in [-0.15, -0.1) is 0 Å². The number of hydrogen-bond acceptors (Lipinski definition) is 6. The number of nitrogens with zero attached hydrogens (tertiary/aromatic N) is 5. The summed E-state index contributed by atoms with van der Waals surface area (Å²) >= 11 is 0. The van der Waals surface area contributed by atoms with Crippen LogP contribution >= 0.6 is 0 Å². The highest BCUT2D eigenvalue weighted by molar-refractivity contribution is 5.87. The fourth-order valence-corrected chi connectivity index (χ4v) is 5.63. The summed E-state index contributed by atoms with van der Waals surface area (Å²) in [7, 11) is 2.14. The van der Waals surface area contributed by atoms with Crippen molar-refractivity contribution < 1.29 is 13.5 Å². The predicted molar refractivity (Wildman–Crippen MR) is 144 cm³/mol. The molecule has 1 N–H and O–H groups in total. The van der Waals surface area contributed by atoms with Gasteiger partial charge in [-0.2, -0.15) is 0 Å². The van der Waals surface area contributed by atoms with Crippen molar-refractivity contribution in [2.24, 2.45) is 5.92 Å². The maximum Gasteiger partial charge on any atom is 0.229 e. The molecule has 38 heavy (non-hydrogen) atoms. The Hall–Kier alpha value is -3.59. The molecule has 2 aliphatic heterocycles. The molecular formula is C29H32F2N6O. The predicted octanol–water partition coefficient (Wildman–Crippen LogP) is 5.92. The van der Waals surface area contributed by atoms with E-state index in [0.29, 0.717) is 35.0 Å². The van der Waals surface area contributed by atoms with Gasteiger partial charge < -0.3 is 19.5 Å². The Balaban J connectivity index is 1.20. The van der Waals surface area contributed by atoms with E-state index in [-0.39, 0.29) is 23.0 Å². The zero-order valence-electron chi connectivity index (χ0n) is 22.0. The van der Waals surface area contributed by atoms with Crippen LogP contribution in [0.2, 0.25) is 0 Å². The molecule has 0 atom stereocenters. The van der Waals surface area contributed by atoms with Gasteiger partial charge in [0.15, 0.2) is 5.82 Å². The Kier molecular flexibility index (Phi) is 6.26. The lowest BCUT2D eigenvalue weighted by Crippen LogP contribution is -2.32. The number of anilines is 2. The highest BCUT2D eigenvalue weighted by Gasteiger charge is 2.32. The second-order valence-corrected chi connectivity index (χ2v) is 11.1. The molecule has 0 bridgehead atoms. The molecule has 0 aliphatic carbocycles. The van der Waals surface area contributed by atoms with Crippen LogP contribution in [0.3, 0.4) is 0 Å². The molecule has 1 fully saturated rings. The molecule has 198 valence electrons. The number of fused-ring (bicyclic) bond motifs is 3. The minimum absolute atomic E-state index is 0.0349. The number of likely N-dealkylation sites (tertiary alicyclic amines) is 1. The lowest BCUT2D eigenvalue weighted by Gasteiger charge is -2.28. The first kappa shape index (κ1) is 24.7. The summed E-state index contributed by atoms with van der Waals surface area (Å²) in [5.41, 5.74) is 2.12. The number of benzene rings is 1. The van der Waals surface area contributed by atoms with Crippen LogP contribution in [0.5, 0.6) is 5.75 Å². The smallest absolute Gasteiger partial charge is 0.229 e. The first-order valence-electron chi connectivity index (χ1n) is 13.2. The fraction of sp³-hybridized carbons (Fsp3) is 0.414. The van der Waals surface area contributed by atoms with Crippen LogP contribution in [0, 0.1) is 17.6 Å². The van der Waals surface area contributed by atoms with Crippen LogP contribution in [0.1, 0.15) is 38.8 Å². The van der Waals surface area contributed by atoms with E-state index in [1.807, 2.05) is 18.2 Å². The molecule has 0 unspecified atom stereocenters. The van der Waals surface area contributed by atoms with Crippen LogP contribution in [-0.2, 0) is 12.0 Å². The SMILES string of the molecule is CN1CCC(COc2ccc(Nc3ncc(F)c(-c4cc(F)c5cc6n(c5c4)C(C)(C)CC6)n3)nc2)CC1. The maximum absolute atomic E-state index is 15.1. The molecular weight excluding hydrogens is 486 g/mol. The van der Waals surface area contributed by atoms with Crippen molar-refractivity contribution in [3.63, 3.8) is 0 Å². The molecule has 1 aromatic carbocycles. The molecule has 6 rings (SSSR count). The first-order valence-corrected chi connectivity index (χ1v) is 13.2. The number of aromatic nitrogens is 4. The molecule has 1 saturated heterocycles. The van der Waals surface area contributed by atoms with Gasteiger partial charge in [0.05, 0.1) is 24.5 Å². The Morgan fingerprint density at radius 2 is 1.87 bits per heavy atom. The third kappa shape index (κ3) is 4.71. The third-order valence-electron chi connectivity index (χ3n) is 7.86. The first-order chi connectivity index (χ1) is 18.3. The summed E-state index contributed by atoms with van der Waals surface area (Å²) in [6.07, 6.45) is 6.89. The van der Waals surface area contributed by atoms with Crippen molar-refractivity contribution >= 4 is 22.7 Å². The van der Waals surface area contributed by atoms with Crippen molar-refractivity contribution in [2.45, 2.75) is 45.1 Å². The topological polar surface area (TPSA) is 68.1 Å². The third-order valence-corrected chi connectivity index (χ3v) is 7.86. The molecule has 0 saturated carbocycles. The summed E-state index contributed by atoms with van der Waals surface area (Å²) in [6.45, 7) is 7.15. The average molecular weight is 519 g/mol. The van der Waals surface area contributed by atoms with E-state index < -0.39 is 5.82 Å². The van der Waals surface area contributed by atoms with Crippen LogP contribution in [0.4, 0.5) is 20.5 Å². The van der Waals surface area contributed by atoms with Gasteiger partial charge in [0.1, 0.15) is 23.1 Å². The maximum atomic E-state index is 15.1. The minimum atomic E-state index is -0.618. The summed E-state index contributed by atoms with van der Waals surface area (Å²) in [6, 6.07) is 8.67. The number of ether oxygens (including phenoxy) is 1. The van der Waals surface area contributed by atoms with E-state index in [1.165, 1.54) is 6.07 Å². The van der Waals surface area contributed by atoms with Crippen molar-refractivity contribution in [3.05, 3.63) is 60.1 Å². The quantitative estimate of drug-likeness (QED) is 0.342. The van der Waals surface area contributed by atoms with Crippen molar-refractivity contribution in [3.8, 4) is 17.0 Å². The number of halogens is 2. The molecule has 2 aliphatic rings. The summed E-state index contributed by atoms with van der Waals surface area (Å²) in [5.74, 6) is 0.921. The molecule has 0 amide bonds. The van der Waals surface area contributed by atoms with Crippen LogP contribution in [0.25, 0.3) is 22.2 Å². The Bertz CT molecular complexity index is 1470. The molecule has 5 heterocycles. The number of aryl methyl sites for hydroxylation is 1. The molecule has 4 aromatic rings. The zero-order valence-corrected chi connectivity index (χ0v) is 22.0. The Labute approximate surface area is 220 Å². The number of rotatable bonds is 6. The summed E-state index contributed by atoms with van der Waals surface area (Å²) in [5, 5.41) is 3.57. The summed E-state index contributed by atoms with van der Waals surface area (Å²) in [4.78, 5) is 15.2. The van der Waals surface area contributed by atoms with Crippen molar-refractivity contribution in [2.75, 3.05) is 32.1 Å². The average Bonchev–Trinajstić information content (AvgIpc) is 3.43. The molecule has 3 aromatic heterocycles. The molecule has 7 nitrogen and oxygen atoms in total. The largest absolute Gasteiger partial charge is 0.492 e. The molecule has 0 spiro atoms. The number of hydrogen-bond donors (Lipinski definition) is 1. The van der Waals surface area contributed by atoms with E-state index >= 15 is 4.39 Å². The number of nitrogens with one attached hydrogen (secondary N) is 1. The van der Waals surface area contributed by atoms with Gasteiger partial charge in [-0.1, -0.05) is 0 Å². The van der Waals surface area contributed by atoms with Gasteiger partial charge in [-0.25, -0.2) is 23.7 Å².